The van der Waals surface area contributed by atoms with Gasteiger partial charge in [0.1, 0.15) is 0 Å². The van der Waals surface area contributed by atoms with Crippen molar-refractivity contribution in [1.29, 1.82) is 0 Å². The van der Waals surface area contributed by atoms with Gasteiger partial charge >= 0.3 is 26.7 Å². The molecule has 8 heteroatoms. The number of fused-ring (bicyclic) bond motifs is 2. The van der Waals surface area contributed by atoms with Crippen LogP contribution in [0.1, 0.15) is 26.2 Å². The van der Waals surface area contributed by atoms with Crippen LogP contribution in [0, 0.1) is 11.3 Å². The van der Waals surface area contributed by atoms with Gasteiger partial charge in [-0.2, -0.15) is 0 Å². The maximum absolute atomic E-state index is 9.75. The summed E-state index contributed by atoms with van der Waals surface area (Å²) in [5, 5.41) is 5.96. The monoisotopic (exact) mass is 706 g/mol. The molecule has 0 radical (unpaired) electrons. The van der Waals surface area contributed by atoms with Crippen molar-refractivity contribution in [3.8, 4) is 0 Å². The Labute approximate surface area is 268 Å². The molecule has 6 rings (SSSR count). The first kappa shape index (κ1) is 33.5. The van der Waals surface area contributed by atoms with Crippen molar-refractivity contribution in [3.63, 3.8) is 0 Å². The number of rotatable bonds is 9. The minimum atomic E-state index is -6.00. The number of hydrogen-bond donors (Lipinski definition) is 0. The molecule has 0 nitrogen and oxygen atoms in total. The largest absolute Gasteiger partial charge is 1.00 e. The summed E-state index contributed by atoms with van der Waals surface area (Å²) in [6.45, 7) is 2.40. The molecule has 0 saturated heterocycles. The molecule has 0 N–H and O–H groups in total. The molecule has 224 valence electrons. The zero-order valence-corrected chi connectivity index (χ0v) is 27.3. The molecule has 0 fully saturated rings. The van der Waals surface area contributed by atoms with E-state index in [1.54, 1.807) is 0 Å². The van der Waals surface area contributed by atoms with Gasteiger partial charge in [-0.25, -0.2) is 0 Å². The predicted molar refractivity (Wildman–Crippen MR) is 175 cm³/mol. The maximum atomic E-state index is 9.75. The van der Waals surface area contributed by atoms with Crippen LogP contribution in [0.2, 0.25) is 0 Å². The Morgan fingerprint density at radius 2 is 0.930 bits per heavy atom. The standard InChI is InChI=1S/C35H34P2.BF4.Rh/c1-2-25-35(34-26-23-29(28-34)24-27-34,36(30-15-7-3-8-16-30)31-17-9-4-10-18-31)37(32-19-11-5-12-20-32)33-21-13-6-14-22-33;2-1(3,4)5;/h3-24,26-27,29H,2,25,28H2,1H3;;/q;-1;+1. The normalized spacial score (nSPS) is 18.8. The van der Waals surface area contributed by atoms with Crippen molar-refractivity contribution in [2.24, 2.45) is 11.3 Å². The summed E-state index contributed by atoms with van der Waals surface area (Å²) in [7, 11) is -7.41. The quantitative estimate of drug-likeness (QED) is 0.0706. The summed E-state index contributed by atoms with van der Waals surface area (Å²) in [5.41, 5.74) is 0.0302. The van der Waals surface area contributed by atoms with Gasteiger partial charge in [-0.15, -0.1) is 0 Å². The van der Waals surface area contributed by atoms with E-state index in [0.717, 1.165) is 6.42 Å². The number of hydrogen-bond acceptors (Lipinski definition) is 0. The molecule has 0 atom stereocenters. The molecule has 4 aromatic rings. The topological polar surface area (TPSA) is 0 Å². The van der Waals surface area contributed by atoms with Gasteiger partial charge in [0.25, 0.3) is 0 Å². The van der Waals surface area contributed by atoms with Crippen molar-refractivity contribution >= 4 is 44.3 Å². The first-order valence-electron chi connectivity index (χ1n) is 14.3. The Bertz CT molecular complexity index is 1300. The van der Waals surface area contributed by atoms with Gasteiger partial charge in [0, 0.05) is 10.3 Å². The summed E-state index contributed by atoms with van der Waals surface area (Å²) in [6, 6.07) is 45.8. The van der Waals surface area contributed by atoms with Crippen LogP contribution in [0.4, 0.5) is 17.3 Å². The fraction of sp³-hybridized carbons (Fsp3) is 0.200. The summed E-state index contributed by atoms with van der Waals surface area (Å²) >= 11 is 0. The van der Waals surface area contributed by atoms with E-state index in [4.69, 9.17) is 0 Å². The summed E-state index contributed by atoms with van der Waals surface area (Å²) in [6.07, 6.45) is 13.8. The zero-order chi connectivity index (χ0) is 29.6. The molecule has 0 saturated carbocycles. The van der Waals surface area contributed by atoms with Gasteiger partial charge in [0.2, 0.25) is 0 Å². The molecule has 2 aliphatic rings. The van der Waals surface area contributed by atoms with Gasteiger partial charge in [-0.05, 0) is 55.8 Å². The van der Waals surface area contributed by atoms with E-state index in [0.29, 0.717) is 5.92 Å². The Morgan fingerprint density at radius 3 is 1.16 bits per heavy atom. The van der Waals surface area contributed by atoms with E-state index in [1.807, 2.05) is 0 Å². The molecule has 0 spiro atoms. The second kappa shape index (κ2) is 14.6. The van der Waals surface area contributed by atoms with Crippen LogP contribution >= 0.6 is 15.8 Å². The fourth-order valence-electron chi connectivity index (χ4n) is 6.58. The summed E-state index contributed by atoms with van der Waals surface area (Å²) in [4.78, 5) is 0.0239. The van der Waals surface area contributed by atoms with Crippen molar-refractivity contribution in [2.45, 2.75) is 31.1 Å². The molecular formula is C35H34BF4P2Rh. The second-order valence-corrected chi connectivity index (χ2v) is 16.0. The third-order valence-corrected chi connectivity index (χ3v) is 15.2. The molecule has 0 aromatic heterocycles. The van der Waals surface area contributed by atoms with Crippen molar-refractivity contribution in [1.82, 2.24) is 0 Å². The van der Waals surface area contributed by atoms with E-state index in [1.165, 1.54) is 34.1 Å². The van der Waals surface area contributed by atoms with Gasteiger partial charge in [-0.1, -0.05) is 159 Å². The van der Waals surface area contributed by atoms with E-state index in [9.17, 15) is 17.3 Å². The molecule has 4 aromatic carbocycles. The second-order valence-electron chi connectivity index (χ2n) is 10.7. The van der Waals surface area contributed by atoms with Crippen LogP contribution in [-0.4, -0.2) is 12.2 Å². The Hall–Kier alpha value is -2.37. The van der Waals surface area contributed by atoms with Crippen LogP contribution in [0.25, 0.3) is 0 Å². The van der Waals surface area contributed by atoms with Crippen LogP contribution in [0.5, 0.6) is 0 Å². The Kier molecular flexibility index (Phi) is 11.4. The zero-order valence-electron chi connectivity index (χ0n) is 23.9. The van der Waals surface area contributed by atoms with E-state index >= 15 is 0 Å². The molecule has 0 amide bonds. The van der Waals surface area contributed by atoms with Gasteiger partial charge < -0.3 is 17.3 Å². The van der Waals surface area contributed by atoms with Crippen LogP contribution in [0.15, 0.2) is 146 Å². The van der Waals surface area contributed by atoms with E-state index < -0.39 is 23.1 Å². The molecule has 43 heavy (non-hydrogen) atoms. The number of allylic oxidation sites excluding steroid dienone is 4. The summed E-state index contributed by atoms with van der Waals surface area (Å²) < 4.78 is 39.0. The van der Waals surface area contributed by atoms with Crippen LogP contribution in [0.3, 0.4) is 0 Å². The molecule has 2 bridgehead atoms. The average molecular weight is 706 g/mol. The first-order chi connectivity index (χ1) is 20.3. The van der Waals surface area contributed by atoms with E-state index in [-0.39, 0.29) is 29.8 Å². The fourth-order valence-corrected chi connectivity index (χ4v) is 15.2. The number of benzene rings is 4. The smallest absolute Gasteiger partial charge is 0.418 e. The predicted octanol–water partition coefficient (Wildman–Crippen LogP) is 9.18. The maximum Gasteiger partial charge on any atom is 1.00 e. The van der Waals surface area contributed by atoms with Crippen LogP contribution < -0.4 is 21.2 Å². The van der Waals surface area contributed by atoms with E-state index in [2.05, 4.69) is 153 Å². The SMILES string of the molecule is CCCC(P(c1ccccc1)c1ccccc1)(P(c1ccccc1)c1ccccc1)C12C=CC(C=C1)C2.F[B-](F)(F)F.[Rh+]. The molecule has 0 aliphatic heterocycles. The Morgan fingerprint density at radius 1 is 0.628 bits per heavy atom. The van der Waals surface area contributed by atoms with Crippen molar-refractivity contribution in [3.05, 3.63) is 146 Å². The summed E-state index contributed by atoms with van der Waals surface area (Å²) in [5.74, 6) is 0.558. The van der Waals surface area contributed by atoms with Gasteiger partial charge in [0.15, 0.2) is 0 Å². The molecular weight excluding hydrogens is 672 g/mol. The van der Waals surface area contributed by atoms with Gasteiger partial charge in [0.05, 0.1) is 0 Å². The van der Waals surface area contributed by atoms with Crippen molar-refractivity contribution in [2.75, 3.05) is 0 Å². The molecule has 0 unspecified atom stereocenters. The minimum Gasteiger partial charge on any atom is -0.418 e. The Balaban J connectivity index is 0.000000654. The average Bonchev–Trinajstić information content (AvgIpc) is 3.62. The third-order valence-electron chi connectivity index (χ3n) is 8.00. The number of halogens is 4. The van der Waals surface area contributed by atoms with Gasteiger partial charge in [-0.3, -0.25) is 0 Å². The van der Waals surface area contributed by atoms with Crippen molar-refractivity contribution < 1.29 is 36.7 Å². The third kappa shape index (κ3) is 7.31. The molecule has 0 heterocycles. The first-order valence-corrected chi connectivity index (χ1v) is 17.0. The molecule has 2 aliphatic carbocycles. The van der Waals surface area contributed by atoms with Crippen LogP contribution in [-0.2, 0) is 19.5 Å². The minimum absolute atomic E-state index is 0.